The van der Waals surface area contributed by atoms with Crippen LogP contribution < -0.4 is 25.0 Å². The van der Waals surface area contributed by atoms with Gasteiger partial charge in [-0.3, -0.25) is 9.59 Å². The smallest absolute Gasteiger partial charge is 0.240 e. The molecule has 2 N–H and O–H groups in total. The van der Waals surface area contributed by atoms with Crippen LogP contribution in [0.25, 0.3) is 0 Å². The molecule has 2 aromatic rings. The number of anilines is 1. The van der Waals surface area contributed by atoms with E-state index in [2.05, 4.69) is 15.8 Å². The van der Waals surface area contributed by atoms with Gasteiger partial charge in [-0.2, -0.15) is 5.10 Å². The first-order valence-corrected chi connectivity index (χ1v) is 8.53. The highest BCUT2D eigenvalue weighted by molar-refractivity contribution is 5.93. The van der Waals surface area contributed by atoms with Gasteiger partial charge in [-0.05, 0) is 42.5 Å². The number of amides is 2. The number of carbonyl (C=O) groups excluding carboxylic acids is 2. The lowest BCUT2D eigenvalue weighted by Crippen LogP contribution is -2.20. The lowest BCUT2D eigenvalue weighted by Gasteiger charge is -2.07. The van der Waals surface area contributed by atoms with Crippen LogP contribution in [0.2, 0.25) is 0 Å². The predicted octanol–water partition coefficient (Wildman–Crippen LogP) is 2.58. The second-order valence-corrected chi connectivity index (χ2v) is 5.68. The fourth-order valence-electron chi connectivity index (χ4n) is 2.29. The average molecular weight is 385 g/mol. The molecule has 2 rings (SSSR count). The second kappa shape index (κ2) is 10.6. The van der Waals surface area contributed by atoms with Crippen LogP contribution in [0.3, 0.4) is 0 Å². The summed E-state index contributed by atoms with van der Waals surface area (Å²) in [4.78, 5) is 23.8. The molecule has 8 nitrogen and oxygen atoms in total. The van der Waals surface area contributed by atoms with Gasteiger partial charge >= 0.3 is 0 Å². The molecule has 0 radical (unpaired) electrons. The molecule has 0 aliphatic carbocycles. The molecule has 0 spiro atoms. The van der Waals surface area contributed by atoms with Gasteiger partial charge < -0.3 is 19.5 Å². The second-order valence-electron chi connectivity index (χ2n) is 5.68. The average Bonchev–Trinajstić information content (AvgIpc) is 2.72. The Morgan fingerprint density at radius 2 is 1.54 bits per heavy atom. The molecule has 8 heteroatoms. The molecule has 2 aromatic carbocycles. The zero-order valence-corrected chi connectivity index (χ0v) is 16.0. The van der Waals surface area contributed by atoms with Crippen LogP contribution in [0.4, 0.5) is 5.69 Å². The summed E-state index contributed by atoms with van der Waals surface area (Å²) in [5.41, 5.74) is 3.68. The molecule has 0 fully saturated rings. The van der Waals surface area contributed by atoms with Gasteiger partial charge in [0.25, 0.3) is 0 Å². The number of benzene rings is 2. The summed E-state index contributed by atoms with van der Waals surface area (Å²) in [6, 6.07) is 12.2. The minimum absolute atomic E-state index is 0.00851. The molecule has 0 saturated heterocycles. The van der Waals surface area contributed by atoms with Crippen molar-refractivity contribution in [2.24, 2.45) is 5.10 Å². The largest absolute Gasteiger partial charge is 0.497 e. The van der Waals surface area contributed by atoms with Gasteiger partial charge in [0.1, 0.15) is 17.2 Å². The van der Waals surface area contributed by atoms with Gasteiger partial charge in [0, 0.05) is 24.1 Å². The van der Waals surface area contributed by atoms with Crippen molar-refractivity contribution in [3.63, 3.8) is 0 Å². The maximum atomic E-state index is 11.9. The molecule has 0 aliphatic rings. The molecule has 0 heterocycles. The number of nitrogens with one attached hydrogen (secondary N) is 2. The van der Waals surface area contributed by atoms with Crippen molar-refractivity contribution in [2.75, 3.05) is 26.6 Å². The first kappa shape index (κ1) is 20.8. The van der Waals surface area contributed by atoms with E-state index >= 15 is 0 Å². The Kier molecular flexibility index (Phi) is 7.83. The van der Waals surface area contributed by atoms with E-state index in [1.807, 2.05) is 0 Å². The Balaban J connectivity index is 1.80. The Hall–Kier alpha value is -3.55. The molecule has 0 bridgehead atoms. The number of hydrogen-bond donors (Lipinski definition) is 2. The van der Waals surface area contributed by atoms with Crippen molar-refractivity contribution in [3.05, 3.63) is 48.0 Å². The molecule has 148 valence electrons. The fraction of sp³-hybridized carbons (Fsp3) is 0.250. The molecule has 0 unspecified atom stereocenters. The Labute approximate surface area is 163 Å². The first-order valence-electron chi connectivity index (χ1n) is 8.53. The number of methoxy groups -OCH3 is 3. The van der Waals surface area contributed by atoms with E-state index in [9.17, 15) is 9.59 Å². The number of nitrogens with zero attached hydrogens (tertiary/aromatic N) is 1. The topological polar surface area (TPSA) is 98.2 Å². The van der Waals surface area contributed by atoms with E-state index in [4.69, 9.17) is 14.2 Å². The number of hydrazone groups is 1. The van der Waals surface area contributed by atoms with E-state index in [-0.39, 0.29) is 24.7 Å². The third kappa shape index (κ3) is 6.31. The zero-order chi connectivity index (χ0) is 20.4. The van der Waals surface area contributed by atoms with E-state index in [0.717, 1.165) is 0 Å². The fourth-order valence-corrected chi connectivity index (χ4v) is 2.29. The van der Waals surface area contributed by atoms with Crippen LogP contribution >= 0.6 is 0 Å². The molecule has 0 aliphatic heterocycles. The zero-order valence-electron chi connectivity index (χ0n) is 16.0. The molecule has 0 saturated carbocycles. The summed E-state index contributed by atoms with van der Waals surface area (Å²) in [5, 5.41) is 6.62. The highest BCUT2D eigenvalue weighted by Crippen LogP contribution is 2.22. The molecular weight excluding hydrogens is 362 g/mol. The van der Waals surface area contributed by atoms with Gasteiger partial charge in [0.05, 0.1) is 27.5 Å². The SMILES string of the molecule is COc1ccc(NC(=O)CCC(=O)N/N=C/c2cc(OC)ccc2OC)cc1. The van der Waals surface area contributed by atoms with Crippen LogP contribution in [-0.2, 0) is 9.59 Å². The molecular formula is C20H23N3O5. The van der Waals surface area contributed by atoms with Crippen molar-refractivity contribution in [2.45, 2.75) is 12.8 Å². The van der Waals surface area contributed by atoms with E-state index < -0.39 is 0 Å². The summed E-state index contributed by atoms with van der Waals surface area (Å²) in [7, 11) is 4.67. The Morgan fingerprint density at radius 1 is 0.893 bits per heavy atom. The van der Waals surface area contributed by atoms with Crippen LogP contribution in [-0.4, -0.2) is 39.4 Å². The van der Waals surface area contributed by atoms with Gasteiger partial charge in [-0.15, -0.1) is 0 Å². The normalized spacial score (nSPS) is 10.4. The summed E-state index contributed by atoms with van der Waals surface area (Å²) in [6.07, 6.45) is 1.50. The summed E-state index contributed by atoms with van der Waals surface area (Å²) < 4.78 is 15.4. The lowest BCUT2D eigenvalue weighted by molar-refractivity contribution is -0.124. The van der Waals surface area contributed by atoms with Gasteiger partial charge in [0.15, 0.2) is 0 Å². The molecule has 0 aromatic heterocycles. The highest BCUT2D eigenvalue weighted by atomic mass is 16.5. The van der Waals surface area contributed by atoms with Crippen molar-refractivity contribution in [1.29, 1.82) is 0 Å². The third-order valence-corrected chi connectivity index (χ3v) is 3.78. The molecule has 0 atom stereocenters. The summed E-state index contributed by atoms with van der Waals surface area (Å²) in [6.45, 7) is 0. The number of rotatable bonds is 9. The predicted molar refractivity (Wildman–Crippen MR) is 106 cm³/mol. The maximum absolute atomic E-state index is 11.9. The van der Waals surface area contributed by atoms with E-state index in [1.165, 1.54) is 6.21 Å². The Morgan fingerprint density at radius 3 is 2.18 bits per heavy atom. The summed E-state index contributed by atoms with van der Waals surface area (Å²) in [5.74, 6) is 1.30. The van der Waals surface area contributed by atoms with Crippen LogP contribution in [0.5, 0.6) is 17.2 Å². The first-order chi connectivity index (χ1) is 13.5. The van der Waals surface area contributed by atoms with Gasteiger partial charge in [-0.25, -0.2) is 5.43 Å². The monoisotopic (exact) mass is 385 g/mol. The summed E-state index contributed by atoms with van der Waals surface area (Å²) >= 11 is 0. The standard InChI is InChI=1S/C20H23N3O5/c1-26-16-6-4-15(5-7-16)22-19(24)10-11-20(25)23-21-13-14-12-17(27-2)8-9-18(14)28-3/h4-9,12-13H,10-11H2,1-3H3,(H,22,24)(H,23,25)/b21-13+. The Bertz CT molecular complexity index is 834. The highest BCUT2D eigenvalue weighted by Gasteiger charge is 2.07. The van der Waals surface area contributed by atoms with Crippen LogP contribution in [0.1, 0.15) is 18.4 Å². The molecule has 2 amide bonds. The number of ether oxygens (including phenoxy) is 3. The molecule has 28 heavy (non-hydrogen) atoms. The van der Waals surface area contributed by atoms with Crippen LogP contribution in [0.15, 0.2) is 47.6 Å². The minimum Gasteiger partial charge on any atom is -0.497 e. The van der Waals surface area contributed by atoms with Crippen molar-refractivity contribution < 1.29 is 23.8 Å². The van der Waals surface area contributed by atoms with Crippen molar-refractivity contribution in [3.8, 4) is 17.2 Å². The lowest BCUT2D eigenvalue weighted by atomic mass is 10.2. The van der Waals surface area contributed by atoms with Crippen LogP contribution in [0, 0.1) is 0 Å². The van der Waals surface area contributed by atoms with Crippen molar-refractivity contribution in [1.82, 2.24) is 5.43 Å². The van der Waals surface area contributed by atoms with E-state index in [0.29, 0.717) is 28.5 Å². The number of hydrogen-bond acceptors (Lipinski definition) is 6. The van der Waals surface area contributed by atoms with Gasteiger partial charge in [-0.1, -0.05) is 0 Å². The van der Waals surface area contributed by atoms with Crippen molar-refractivity contribution >= 4 is 23.7 Å². The van der Waals surface area contributed by atoms with Gasteiger partial charge in [0.2, 0.25) is 11.8 Å². The maximum Gasteiger partial charge on any atom is 0.240 e. The quantitative estimate of drug-likeness (QED) is 0.511. The third-order valence-electron chi connectivity index (χ3n) is 3.78. The minimum atomic E-state index is -0.372. The number of carbonyl (C=O) groups is 2. The van der Waals surface area contributed by atoms with E-state index in [1.54, 1.807) is 63.8 Å².